The molecule has 0 amide bonds. The second-order valence-corrected chi connectivity index (χ2v) is 4.72. The molecule has 0 spiro atoms. The van der Waals surface area contributed by atoms with Crippen LogP contribution in [0.3, 0.4) is 0 Å². The lowest BCUT2D eigenvalue weighted by atomic mass is 10.1. The van der Waals surface area contributed by atoms with Gasteiger partial charge in [0.25, 0.3) is 0 Å². The summed E-state index contributed by atoms with van der Waals surface area (Å²) in [6, 6.07) is 2.57. The number of hydrogen-bond donors (Lipinski definition) is 1. The molecule has 0 atom stereocenters. The maximum atomic E-state index is 12.6. The van der Waals surface area contributed by atoms with Crippen molar-refractivity contribution in [3.63, 3.8) is 0 Å². The molecule has 1 heterocycles. The second kappa shape index (κ2) is 5.49. The number of rotatable bonds is 3. The van der Waals surface area contributed by atoms with E-state index in [1.807, 2.05) is 0 Å². The Balaban J connectivity index is 2.41. The van der Waals surface area contributed by atoms with Gasteiger partial charge in [0, 0.05) is 17.3 Å². The predicted octanol–water partition coefficient (Wildman–Crippen LogP) is 3.34. The van der Waals surface area contributed by atoms with E-state index < -0.39 is 23.3 Å². The first kappa shape index (κ1) is 14.3. The lowest BCUT2D eigenvalue weighted by molar-refractivity contribution is -0.137. The molecule has 0 aliphatic rings. The van der Waals surface area contributed by atoms with Crippen molar-refractivity contribution in [3.05, 3.63) is 47.9 Å². The van der Waals surface area contributed by atoms with Crippen LogP contribution in [-0.4, -0.2) is 21.0 Å². The Morgan fingerprint density at radius 3 is 2.55 bits per heavy atom. The van der Waals surface area contributed by atoms with Crippen LogP contribution in [0.4, 0.5) is 13.2 Å². The van der Waals surface area contributed by atoms with Crippen LogP contribution >= 0.6 is 11.8 Å². The number of aromatic carboxylic acids is 1. The summed E-state index contributed by atoms with van der Waals surface area (Å²) in [7, 11) is 0. The third kappa shape index (κ3) is 3.27. The molecule has 1 aromatic carbocycles. The Hall–Kier alpha value is -2.09. The third-order valence-corrected chi connectivity index (χ3v) is 3.29. The van der Waals surface area contributed by atoms with Gasteiger partial charge in [-0.25, -0.2) is 9.78 Å². The average Bonchev–Trinajstić information content (AvgIpc) is 2.38. The molecule has 0 bridgehead atoms. The number of benzene rings is 1. The number of carboxylic acid groups (broad SMARTS) is 1. The highest BCUT2D eigenvalue weighted by Crippen LogP contribution is 2.34. The van der Waals surface area contributed by atoms with Crippen LogP contribution in [-0.2, 0) is 6.18 Å². The lowest BCUT2D eigenvalue weighted by Gasteiger charge is -2.10. The van der Waals surface area contributed by atoms with Crippen molar-refractivity contribution in [1.82, 2.24) is 9.97 Å². The second-order valence-electron chi connectivity index (χ2n) is 3.66. The largest absolute Gasteiger partial charge is 0.478 e. The smallest absolute Gasteiger partial charge is 0.416 e. The molecular weight excluding hydrogens is 293 g/mol. The Morgan fingerprint density at radius 1 is 1.25 bits per heavy atom. The monoisotopic (exact) mass is 300 g/mol. The van der Waals surface area contributed by atoms with Crippen molar-refractivity contribution in [2.75, 3.05) is 0 Å². The van der Waals surface area contributed by atoms with Gasteiger partial charge in [0.05, 0.1) is 17.3 Å². The van der Waals surface area contributed by atoms with Crippen molar-refractivity contribution in [2.45, 2.75) is 16.1 Å². The summed E-state index contributed by atoms with van der Waals surface area (Å²) >= 11 is 0.940. The fraction of sp³-hybridized carbons (Fsp3) is 0.0833. The Labute approximate surface area is 115 Å². The maximum Gasteiger partial charge on any atom is 0.416 e. The van der Waals surface area contributed by atoms with E-state index in [2.05, 4.69) is 9.97 Å². The molecule has 0 fully saturated rings. The molecule has 1 N–H and O–H groups in total. The van der Waals surface area contributed by atoms with Crippen molar-refractivity contribution >= 4 is 17.7 Å². The average molecular weight is 300 g/mol. The van der Waals surface area contributed by atoms with Crippen LogP contribution in [0, 0.1) is 0 Å². The van der Waals surface area contributed by atoms with Crippen LogP contribution < -0.4 is 0 Å². The molecule has 20 heavy (non-hydrogen) atoms. The van der Waals surface area contributed by atoms with E-state index in [1.54, 1.807) is 0 Å². The van der Waals surface area contributed by atoms with E-state index in [4.69, 9.17) is 5.11 Å². The zero-order valence-electron chi connectivity index (χ0n) is 9.76. The van der Waals surface area contributed by atoms with Crippen LogP contribution in [0.2, 0.25) is 0 Å². The van der Waals surface area contributed by atoms with Gasteiger partial charge in [-0.3, -0.25) is 4.98 Å². The van der Waals surface area contributed by atoms with Crippen LogP contribution in [0.15, 0.2) is 46.7 Å². The minimum atomic E-state index is -4.58. The SMILES string of the molecule is O=C(O)c1cc(C(F)(F)F)ccc1Sc1cnccn1. The normalized spacial score (nSPS) is 11.3. The van der Waals surface area contributed by atoms with Gasteiger partial charge in [0.15, 0.2) is 0 Å². The molecule has 0 aliphatic carbocycles. The van der Waals surface area contributed by atoms with Gasteiger partial charge < -0.3 is 5.11 Å². The summed E-state index contributed by atoms with van der Waals surface area (Å²) < 4.78 is 37.7. The molecule has 0 unspecified atom stereocenters. The highest BCUT2D eigenvalue weighted by atomic mass is 32.2. The summed E-state index contributed by atoms with van der Waals surface area (Å²) in [5.41, 5.74) is -1.42. The highest BCUT2D eigenvalue weighted by molar-refractivity contribution is 7.99. The number of carbonyl (C=O) groups is 1. The van der Waals surface area contributed by atoms with E-state index in [-0.39, 0.29) is 4.90 Å². The van der Waals surface area contributed by atoms with E-state index in [0.29, 0.717) is 11.1 Å². The quantitative estimate of drug-likeness (QED) is 0.942. The van der Waals surface area contributed by atoms with Gasteiger partial charge >= 0.3 is 12.1 Å². The van der Waals surface area contributed by atoms with Gasteiger partial charge in [-0.2, -0.15) is 13.2 Å². The molecule has 1 aromatic heterocycles. The minimum absolute atomic E-state index is 0.172. The molecule has 2 rings (SSSR count). The third-order valence-electron chi connectivity index (χ3n) is 2.29. The molecule has 8 heteroatoms. The van der Waals surface area contributed by atoms with Gasteiger partial charge in [0.1, 0.15) is 5.03 Å². The number of alkyl halides is 3. The first-order chi connectivity index (χ1) is 9.38. The molecule has 0 radical (unpaired) electrons. The predicted molar refractivity (Wildman–Crippen MR) is 64.6 cm³/mol. The van der Waals surface area contributed by atoms with Crippen LogP contribution in [0.5, 0.6) is 0 Å². The summed E-state index contributed by atoms with van der Waals surface area (Å²) in [4.78, 5) is 19.0. The van der Waals surface area contributed by atoms with Crippen LogP contribution in [0.25, 0.3) is 0 Å². The number of nitrogens with zero attached hydrogens (tertiary/aromatic N) is 2. The first-order valence-corrected chi connectivity index (χ1v) is 6.08. The molecule has 0 aliphatic heterocycles. The number of halogens is 3. The fourth-order valence-corrected chi connectivity index (χ4v) is 2.26. The lowest BCUT2D eigenvalue weighted by Crippen LogP contribution is -2.08. The topological polar surface area (TPSA) is 63.1 Å². The minimum Gasteiger partial charge on any atom is -0.478 e. The zero-order valence-corrected chi connectivity index (χ0v) is 10.6. The summed E-state index contributed by atoms with van der Waals surface area (Å²) in [6.45, 7) is 0. The Morgan fingerprint density at radius 2 is 2.00 bits per heavy atom. The summed E-state index contributed by atoms with van der Waals surface area (Å²) in [5, 5.41) is 9.42. The van der Waals surface area contributed by atoms with Crippen LogP contribution in [0.1, 0.15) is 15.9 Å². The first-order valence-electron chi connectivity index (χ1n) is 5.26. The molecule has 0 saturated carbocycles. The molecule has 0 saturated heterocycles. The number of carboxylic acids is 1. The molecule has 2 aromatic rings. The van der Waals surface area contributed by atoms with Crippen molar-refractivity contribution in [3.8, 4) is 0 Å². The standard InChI is InChI=1S/C12H7F3N2O2S/c13-12(14,15)7-1-2-9(8(5-7)11(18)19)20-10-6-16-3-4-17-10/h1-6H,(H,18,19). The molecule has 4 nitrogen and oxygen atoms in total. The van der Waals surface area contributed by atoms with Gasteiger partial charge in [-0.15, -0.1) is 0 Å². The van der Waals surface area contributed by atoms with Crippen molar-refractivity contribution < 1.29 is 23.1 Å². The molecular formula is C12H7F3N2O2S. The summed E-state index contributed by atoms with van der Waals surface area (Å²) in [6.07, 6.45) is -0.338. The van der Waals surface area contributed by atoms with E-state index in [9.17, 15) is 18.0 Å². The van der Waals surface area contributed by atoms with E-state index in [1.165, 1.54) is 18.6 Å². The number of hydrogen-bond acceptors (Lipinski definition) is 4. The fourth-order valence-electron chi connectivity index (χ4n) is 1.41. The molecule has 104 valence electrons. The maximum absolute atomic E-state index is 12.6. The van der Waals surface area contributed by atoms with Gasteiger partial charge in [0.2, 0.25) is 0 Å². The Kier molecular flexibility index (Phi) is 3.93. The van der Waals surface area contributed by atoms with E-state index in [0.717, 1.165) is 23.9 Å². The van der Waals surface area contributed by atoms with Gasteiger partial charge in [-0.1, -0.05) is 11.8 Å². The highest BCUT2D eigenvalue weighted by Gasteiger charge is 2.31. The van der Waals surface area contributed by atoms with Gasteiger partial charge in [-0.05, 0) is 18.2 Å². The number of aromatic nitrogens is 2. The van der Waals surface area contributed by atoms with Crippen molar-refractivity contribution in [1.29, 1.82) is 0 Å². The summed E-state index contributed by atoms with van der Waals surface area (Å²) in [5.74, 6) is -1.43. The Bertz CT molecular complexity index is 632. The van der Waals surface area contributed by atoms with E-state index >= 15 is 0 Å². The zero-order chi connectivity index (χ0) is 14.8. The van der Waals surface area contributed by atoms with Crippen molar-refractivity contribution in [2.24, 2.45) is 0 Å².